The van der Waals surface area contributed by atoms with E-state index in [0.29, 0.717) is 30.6 Å². The lowest BCUT2D eigenvalue weighted by molar-refractivity contribution is -0.0563. The summed E-state index contributed by atoms with van der Waals surface area (Å²) >= 11 is 6.09. The first kappa shape index (κ1) is 25.3. The number of rotatable bonds is 7. The first-order valence-electron chi connectivity index (χ1n) is 11.7. The Morgan fingerprint density at radius 2 is 1.71 bits per heavy atom. The number of benzene rings is 2. The van der Waals surface area contributed by atoms with Crippen LogP contribution in [-0.2, 0) is 16.4 Å². The van der Waals surface area contributed by atoms with Gasteiger partial charge in [-0.3, -0.25) is 9.80 Å². The lowest BCUT2D eigenvalue weighted by Gasteiger charge is -2.53. The second kappa shape index (κ2) is 10.4. The molecule has 186 valence electrons. The summed E-state index contributed by atoms with van der Waals surface area (Å²) in [6.07, 6.45) is 1.42. The van der Waals surface area contributed by atoms with E-state index in [-0.39, 0.29) is 17.1 Å². The lowest BCUT2D eigenvalue weighted by atomic mass is 9.98. The number of hydrogen-bond acceptors (Lipinski definition) is 6. The van der Waals surface area contributed by atoms with Gasteiger partial charge in [-0.15, -0.1) is 0 Å². The van der Waals surface area contributed by atoms with Gasteiger partial charge in [0.15, 0.2) is 11.5 Å². The van der Waals surface area contributed by atoms with Crippen molar-refractivity contribution in [3.8, 4) is 11.5 Å². The lowest BCUT2D eigenvalue weighted by Crippen LogP contribution is -2.68. The number of methoxy groups -OCH3 is 2. The van der Waals surface area contributed by atoms with E-state index in [4.69, 9.17) is 21.1 Å². The Labute approximate surface area is 208 Å². The van der Waals surface area contributed by atoms with Crippen molar-refractivity contribution in [2.45, 2.75) is 49.8 Å². The molecule has 2 aromatic rings. The molecule has 2 aromatic carbocycles. The number of piperazine rings is 1. The average Bonchev–Trinajstić information content (AvgIpc) is 2.84. The molecule has 2 fully saturated rings. The van der Waals surface area contributed by atoms with Crippen LogP contribution < -0.4 is 9.47 Å². The number of hydrogen-bond donors (Lipinski definition) is 0. The zero-order chi connectivity index (χ0) is 24.5. The maximum atomic E-state index is 13.9. The summed E-state index contributed by atoms with van der Waals surface area (Å²) in [4.78, 5) is 5.00. The van der Waals surface area contributed by atoms with Gasteiger partial charge < -0.3 is 9.47 Å². The second-order valence-electron chi connectivity index (χ2n) is 9.24. The van der Waals surface area contributed by atoms with E-state index in [0.717, 1.165) is 31.0 Å². The molecule has 0 spiro atoms. The molecule has 0 amide bonds. The van der Waals surface area contributed by atoms with Crippen LogP contribution in [0.3, 0.4) is 0 Å². The van der Waals surface area contributed by atoms with Crippen molar-refractivity contribution in [1.29, 1.82) is 0 Å². The quantitative estimate of drug-likeness (QED) is 0.569. The minimum absolute atomic E-state index is 0.214. The summed E-state index contributed by atoms with van der Waals surface area (Å²) in [5, 5.41) is 0.722. The van der Waals surface area contributed by atoms with Crippen molar-refractivity contribution in [2.24, 2.45) is 0 Å². The topological polar surface area (TPSA) is 62.3 Å². The normalized spacial score (nSPS) is 22.5. The third kappa shape index (κ3) is 5.06. The Hall–Kier alpha value is -1.84. The molecule has 2 saturated heterocycles. The maximum Gasteiger partial charge on any atom is 0.244 e. The molecule has 0 aliphatic carbocycles. The van der Waals surface area contributed by atoms with Gasteiger partial charge in [-0.2, -0.15) is 4.31 Å². The van der Waals surface area contributed by atoms with Crippen LogP contribution in [0, 0.1) is 0 Å². The first-order chi connectivity index (χ1) is 16.2. The van der Waals surface area contributed by atoms with Gasteiger partial charge in [0.2, 0.25) is 10.0 Å². The summed E-state index contributed by atoms with van der Waals surface area (Å²) in [5.74, 6) is 0.916. The molecule has 9 heteroatoms. The van der Waals surface area contributed by atoms with Gasteiger partial charge in [0.05, 0.1) is 25.3 Å². The Morgan fingerprint density at radius 1 is 1.00 bits per heavy atom. The highest BCUT2D eigenvalue weighted by Crippen LogP contribution is 2.34. The van der Waals surface area contributed by atoms with Crippen molar-refractivity contribution < 1.29 is 17.9 Å². The highest BCUT2D eigenvalue weighted by molar-refractivity contribution is 7.89. The Balaban J connectivity index is 1.66. The van der Waals surface area contributed by atoms with Crippen molar-refractivity contribution in [1.82, 2.24) is 14.1 Å². The van der Waals surface area contributed by atoms with Crippen LogP contribution in [0.1, 0.15) is 25.8 Å². The van der Waals surface area contributed by atoms with E-state index in [2.05, 4.69) is 35.8 Å². The third-order valence-electron chi connectivity index (χ3n) is 6.90. The fourth-order valence-electron chi connectivity index (χ4n) is 5.04. The van der Waals surface area contributed by atoms with E-state index >= 15 is 0 Å². The first-order valence-corrected chi connectivity index (χ1v) is 13.5. The van der Waals surface area contributed by atoms with Crippen LogP contribution in [-0.4, -0.2) is 81.2 Å². The fraction of sp³-hybridized carbons (Fsp3) is 0.520. The number of ether oxygens (including phenoxy) is 2. The van der Waals surface area contributed by atoms with E-state index in [9.17, 15) is 8.42 Å². The highest BCUT2D eigenvalue weighted by atomic mass is 35.5. The summed E-state index contributed by atoms with van der Waals surface area (Å²) in [6.45, 7) is 7.31. The van der Waals surface area contributed by atoms with E-state index < -0.39 is 10.0 Å². The zero-order valence-electron chi connectivity index (χ0n) is 20.3. The van der Waals surface area contributed by atoms with Crippen LogP contribution in [0.5, 0.6) is 11.5 Å². The van der Waals surface area contributed by atoms with Gasteiger partial charge >= 0.3 is 0 Å². The molecule has 0 saturated carbocycles. The maximum absolute atomic E-state index is 13.9. The van der Waals surface area contributed by atoms with Crippen LogP contribution in [0.4, 0.5) is 0 Å². The standard InChI is InChI=1S/C25H34ClN3O4S/c1-18(2)27-16-21(14-19-6-8-20(26)9-7-19)28-12-5-13-29(25(28)17-27)34(30,31)22-10-11-23(32-3)24(15-22)33-4/h6-11,15,18,21,25H,5,12-14,16-17H2,1-4H3. The molecule has 4 rings (SSSR count). The molecule has 2 unspecified atom stereocenters. The number of fused-ring (bicyclic) bond motifs is 1. The Morgan fingerprint density at radius 3 is 2.35 bits per heavy atom. The van der Waals surface area contributed by atoms with Gasteiger partial charge in [0.1, 0.15) is 0 Å². The van der Waals surface area contributed by atoms with Gasteiger partial charge in [-0.25, -0.2) is 8.42 Å². The van der Waals surface area contributed by atoms with Crippen LogP contribution in [0.25, 0.3) is 0 Å². The predicted octanol–water partition coefficient (Wildman–Crippen LogP) is 3.72. The van der Waals surface area contributed by atoms with Crippen molar-refractivity contribution in [2.75, 3.05) is 40.4 Å². The van der Waals surface area contributed by atoms with E-state index in [1.165, 1.54) is 19.8 Å². The summed E-state index contributed by atoms with van der Waals surface area (Å²) in [7, 11) is -0.676. The fourth-order valence-corrected chi connectivity index (χ4v) is 6.81. The molecule has 34 heavy (non-hydrogen) atoms. The summed E-state index contributed by atoms with van der Waals surface area (Å²) in [6, 6.07) is 13.3. The molecule has 2 atom stereocenters. The summed E-state index contributed by atoms with van der Waals surface area (Å²) in [5.41, 5.74) is 1.21. The molecule has 2 aliphatic heterocycles. The largest absolute Gasteiger partial charge is 0.493 e. The summed E-state index contributed by atoms with van der Waals surface area (Å²) < 4.78 is 40.1. The molecule has 0 N–H and O–H groups in total. The molecular formula is C25H34ClN3O4S. The number of nitrogens with zero attached hydrogens (tertiary/aromatic N) is 3. The molecule has 2 aliphatic rings. The van der Waals surface area contributed by atoms with Crippen LogP contribution in [0.15, 0.2) is 47.4 Å². The number of sulfonamides is 1. The minimum Gasteiger partial charge on any atom is -0.493 e. The predicted molar refractivity (Wildman–Crippen MR) is 134 cm³/mol. The molecule has 7 nitrogen and oxygen atoms in total. The van der Waals surface area contributed by atoms with Crippen molar-refractivity contribution in [3.05, 3.63) is 53.1 Å². The van der Waals surface area contributed by atoms with Gasteiger partial charge in [-0.05, 0) is 56.5 Å². The molecule has 0 bridgehead atoms. The molecule has 2 heterocycles. The van der Waals surface area contributed by atoms with Crippen LogP contribution >= 0.6 is 11.6 Å². The molecule has 0 aromatic heterocycles. The monoisotopic (exact) mass is 507 g/mol. The van der Waals surface area contributed by atoms with E-state index in [1.54, 1.807) is 22.5 Å². The van der Waals surface area contributed by atoms with Gasteiger partial charge in [0, 0.05) is 49.4 Å². The SMILES string of the molecule is COc1ccc(S(=O)(=O)N2CCCN3C(Cc4ccc(Cl)cc4)CN(C(C)C)CC32)cc1OC. The van der Waals surface area contributed by atoms with Gasteiger partial charge in [0.25, 0.3) is 0 Å². The Kier molecular flexibility index (Phi) is 7.74. The van der Waals surface area contributed by atoms with Crippen LogP contribution in [0.2, 0.25) is 5.02 Å². The molecular weight excluding hydrogens is 474 g/mol. The second-order valence-corrected chi connectivity index (χ2v) is 11.6. The average molecular weight is 508 g/mol. The Bertz CT molecular complexity index is 1090. The molecule has 0 radical (unpaired) electrons. The minimum atomic E-state index is -3.73. The van der Waals surface area contributed by atoms with Gasteiger partial charge in [-0.1, -0.05) is 23.7 Å². The van der Waals surface area contributed by atoms with Crippen molar-refractivity contribution >= 4 is 21.6 Å². The highest BCUT2D eigenvalue weighted by Gasteiger charge is 2.44. The van der Waals surface area contributed by atoms with E-state index in [1.807, 2.05) is 12.1 Å². The third-order valence-corrected chi connectivity index (χ3v) is 9.04. The number of halogens is 1. The zero-order valence-corrected chi connectivity index (χ0v) is 21.8. The smallest absolute Gasteiger partial charge is 0.244 e. The van der Waals surface area contributed by atoms with Crippen molar-refractivity contribution in [3.63, 3.8) is 0 Å².